The summed E-state index contributed by atoms with van der Waals surface area (Å²) in [7, 11) is 0. The van der Waals surface area contributed by atoms with Gasteiger partial charge in [-0.25, -0.2) is 4.79 Å². The smallest absolute Gasteiger partial charge is 0.396 e. The van der Waals surface area contributed by atoms with Crippen LogP contribution in [0.15, 0.2) is 43.0 Å². The van der Waals surface area contributed by atoms with Crippen molar-refractivity contribution in [2.45, 2.75) is 30.0 Å². The van der Waals surface area contributed by atoms with E-state index in [0.717, 1.165) is 5.56 Å². The molecule has 0 saturated carbocycles. The summed E-state index contributed by atoms with van der Waals surface area (Å²) in [6, 6.07) is 8.47. The molecule has 0 aromatic heterocycles. The van der Waals surface area contributed by atoms with Gasteiger partial charge in [0.1, 0.15) is 12.6 Å². The van der Waals surface area contributed by atoms with Crippen LogP contribution in [0.25, 0.3) is 0 Å². The first-order valence-electron chi connectivity index (χ1n) is 7.41. The number of carbonyl (C=O) groups excluding carboxylic acids is 1. The van der Waals surface area contributed by atoms with Gasteiger partial charge in [-0.3, -0.25) is 4.79 Å². The van der Waals surface area contributed by atoms with Crippen molar-refractivity contribution in [3.05, 3.63) is 53.8 Å². The normalized spacial score (nSPS) is 28.3. The molecule has 1 heterocycles. The zero-order valence-corrected chi connectivity index (χ0v) is 13.9. The molecule has 1 fully saturated rings. The minimum absolute atomic E-state index is 0.145. The Morgan fingerprint density at radius 1 is 1.46 bits per heavy atom. The number of rotatable bonds is 7. The van der Waals surface area contributed by atoms with E-state index in [2.05, 4.69) is 24.5 Å². The van der Waals surface area contributed by atoms with Crippen molar-refractivity contribution < 1.29 is 24.4 Å². The Labute approximate surface area is 145 Å². The van der Waals surface area contributed by atoms with Gasteiger partial charge in [0.15, 0.2) is 5.37 Å². The predicted octanol–water partition coefficient (Wildman–Crippen LogP) is 0.647. The molecular formula is C16H20N2O5S. The molecule has 24 heavy (non-hydrogen) atoms. The summed E-state index contributed by atoms with van der Waals surface area (Å²) in [5, 5.41) is 33.8. The molecule has 130 valence electrons. The van der Waals surface area contributed by atoms with Gasteiger partial charge in [0.2, 0.25) is 5.91 Å². The molecular weight excluding hydrogens is 332 g/mol. The number of aliphatic hydroxyl groups is 1. The summed E-state index contributed by atoms with van der Waals surface area (Å²) in [5.41, 5.74) is -1.74. The summed E-state index contributed by atoms with van der Waals surface area (Å²) in [6.07, 6.45) is 0.911. The lowest BCUT2D eigenvalue weighted by atomic mass is 9.97. The zero-order valence-electron chi connectivity index (χ0n) is 13.0. The third kappa shape index (κ3) is 3.18. The Morgan fingerprint density at radius 3 is 2.58 bits per heavy atom. The monoisotopic (exact) mass is 352 g/mol. The van der Waals surface area contributed by atoms with E-state index >= 15 is 0 Å². The third-order valence-electron chi connectivity index (χ3n) is 4.21. The maximum Gasteiger partial charge on any atom is 0.396 e. The second-order valence-corrected chi connectivity index (χ2v) is 6.37. The molecule has 1 aliphatic rings. The Kier molecular flexibility index (Phi) is 5.34. The Bertz CT molecular complexity index is 641. The average Bonchev–Trinajstić information content (AvgIpc) is 2.54. The Hall–Kier alpha value is -1.87. The first-order valence-corrected chi connectivity index (χ1v) is 7.93. The summed E-state index contributed by atoms with van der Waals surface area (Å²) >= 11 is 4.13. The number of nitrogens with zero attached hydrogens (tertiary/aromatic N) is 1. The van der Waals surface area contributed by atoms with Crippen molar-refractivity contribution in [1.82, 2.24) is 5.32 Å². The highest BCUT2D eigenvalue weighted by molar-refractivity contribution is 7.80. The van der Waals surface area contributed by atoms with Crippen molar-refractivity contribution in [3.8, 4) is 0 Å². The van der Waals surface area contributed by atoms with Gasteiger partial charge in [-0.05, 0) is 5.56 Å². The van der Waals surface area contributed by atoms with Gasteiger partial charge >= 0.3 is 11.7 Å². The van der Waals surface area contributed by atoms with Crippen LogP contribution in [0.2, 0.25) is 0 Å². The van der Waals surface area contributed by atoms with E-state index in [4.69, 9.17) is 0 Å². The number of hydrogen-bond acceptors (Lipinski definition) is 5. The van der Waals surface area contributed by atoms with E-state index in [1.807, 2.05) is 18.2 Å². The first-order chi connectivity index (χ1) is 11.2. The number of likely N-dealkylation sites (tertiary alicyclic amines) is 1. The van der Waals surface area contributed by atoms with E-state index in [9.17, 15) is 25.0 Å². The second-order valence-electron chi connectivity index (χ2n) is 5.84. The molecule has 8 heteroatoms. The number of quaternary nitrogens is 1. The van der Waals surface area contributed by atoms with Crippen molar-refractivity contribution in [2.75, 3.05) is 6.54 Å². The summed E-state index contributed by atoms with van der Waals surface area (Å²) in [5.74, 6) is -1.93. The first kappa shape index (κ1) is 18.5. The van der Waals surface area contributed by atoms with Crippen LogP contribution in [0.3, 0.4) is 0 Å². The zero-order chi connectivity index (χ0) is 18.0. The lowest BCUT2D eigenvalue weighted by molar-refractivity contribution is -0.992. The lowest BCUT2D eigenvalue weighted by Gasteiger charge is -2.63. The molecule has 4 unspecified atom stereocenters. The largest absolute Gasteiger partial charge is 0.629 e. The summed E-state index contributed by atoms with van der Waals surface area (Å²) in [6.45, 7) is 3.10. The number of hydrogen-bond donors (Lipinski definition) is 4. The van der Waals surface area contributed by atoms with Gasteiger partial charge in [0.05, 0.1) is 12.8 Å². The van der Waals surface area contributed by atoms with Gasteiger partial charge < -0.3 is 25.4 Å². The standard InChI is InChI=1S/C16H20N2O5S/c1-2-8-16(22,15(20)21)18(23)10-12(14(18)24)17-13(19)9-11-6-4-3-5-7-11/h2-7,12,14,22,24H,1,8-10H2,(H,17,19)(H,20,21). The second kappa shape index (κ2) is 6.94. The van der Waals surface area contributed by atoms with Crippen LogP contribution >= 0.6 is 12.6 Å². The van der Waals surface area contributed by atoms with Crippen LogP contribution in [-0.2, 0) is 16.0 Å². The van der Waals surface area contributed by atoms with Crippen molar-refractivity contribution in [3.63, 3.8) is 0 Å². The van der Waals surface area contributed by atoms with Crippen LogP contribution in [0.5, 0.6) is 0 Å². The molecule has 1 aromatic carbocycles. The van der Waals surface area contributed by atoms with Gasteiger partial charge in [-0.15, -0.1) is 19.2 Å². The average molecular weight is 352 g/mol. The molecule has 3 N–H and O–H groups in total. The van der Waals surface area contributed by atoms with Crippen LogP contribution in [0.4, 0.5) is 0 Å². The molecule has 2 rings (SSSR count). The van der Waals surface area contributed by atoms with Crippen molar-refractivity contribution in [1.29, 1.82) is 0 Å². The van der Waals surface area contributed by atoms with E-state index < -0.39 is 34.2 Å². The minimum atomic E-state index is -2.56. The predicted molar refractivity (Wildman–Crippen MR) is 90.7 cm³/mol. The number of nitrogens with one attached hydrogen (secondary N) is 1. The third-order valence-corrected chi connectivity index (χ3v) is 4.94. The highest BCUT2D eigenvalue weighted by Crippen LogP contribution is 2.40. The maximum atomic E-state index is 12.7. The fourth-order valence-electron chi connectivity index (χ4n) is 2.78. The highest BCUT2D eigenvalue weighted by Gasteiger charge is 2.62. The van der Waals surface area contributed by atoms with E-state index in [-0.39, 0.29) is 18.9 Å². The summed E-state index contributed by atoms with van der Waals surface area (Å²) in [4.78, 5) is 23.4. The number of carbonyl (C=O) groups is 2. The molecule has 1 saturated heterocycles. The van der Waals surface area contributed by atoms with Gasteiger partial charge in [0.25, 0.3) is 0 Å². The topological polar surface area (TPSA) is 110 Å². The SMILES string of the molecule is C=CCC(O)(C(=O)O)[N+]1([O-])CC(NC(=O)Cc2ccccc2)C1S. The van der Waals surface area contributed by atoms with Crippen molar-refractivity contribution in [2.24, 2.45) is 0 Å². The van der Waals surface area contributed by atoms with Crippen LogP contribution in [0, 0.1) is 5.21 Å². The van der Waals surface area contributed by atoms with Crippen LogP contribution in [-0.4, -0.2) is 50.4 Å². The summed E-state index contributed by atoms with van der Waals surface area (Å²) < 4.78 is -1.44. The van der Waals surface area contributed by atoms with Gasteiger partial charge in [-0.2, -0.15) is 0 Å². The van der Waals surface area contributed by atoms with Gasteiger partial charge in [-0.1, -0.05) is 36.4 Å². The number of hydroxylamine groups is 3. The van der Waals surface area contributed by atoms with Crippen molar-refractivity contribution >= 4 is 24.5 Å². The number of aliphatic carboxylic acids is 1. The number of thiol groups is 1. The number of carboxylic acid groups (broad SMARTS) is 1. The Morgan fingerprint density at radius 2 is 2.08 bits per heavy atom. The fourth-order valence-corrected chi connectivity index (χ4v) is 3.24. The van der Waals surface area contributed by atoms with Gasteiger partial charge in [0, 0.05) is 0 Å². The molecule has 4 atom stereocenters. The molecule has 0 spiro atoms. The van der Waals surface area contributed by atoms with E-state index in [1.54, 1.807) is 12.1 Å². The minimum Gasteiger partial charge on any atom is -0.629 e. The molecule has 0 radical (unpaired) electrons. The van der Waals surface area contributed by atoms with E-state index in [1.165, 1.54) is 6.08 Å². The fraction of sp³-hybridized carbons (Fsp3) is 0.375. The molecule has 0 aliphatic carbocycles. The molecule has 1 aromatic rings. The molecule has 1 amide bonds. The van der Waals surface area contributed by atoms with E-state index in [0.29, 0.717) is 0 Å². The number of carboxylic acids is 1. The lowest BCUT2D eigenvalue weighted by Crippen LogP contribution is -2.82. The highest BCUT2D eigenvalue weighted by atomic mass is 32.1. The van der Waals surface area contributed by atoms with Crippen LogP contribution < -0.4 is 5.32 Å². The number of amides is 1. The molecule has 1 aliphatic heterocycles. The van der Waals surface area contributed by atoms with Crippen LogP contribution in [0.1, 0.15) is 12.0 Å². The molecule has 7 nitrogen and oxygen atoms in total. The molecule has 0 bridgehead atoms. The Balaban J connectivity index is 2.01. The maximum absolute atomic E-state index is 12.7. The quantitative estimate of drug-likeness (QED) is 0.249. The number of benzene rings is 1.